The number of fused-ring (bicyclic) bond motifs is 1. The number of amides is 1. The van der Waals surface area contributed by atoms with Gasteiger partial charge >= 0.3 is 12.1 Å². The van der Waals surface area contributed by atoms with E-state index in [2.05, 4.69) is 29.1 Å². The number of hydrogen-bond acceptors (Lipinski definition) is 15. The molecule has 4 unspecified atom stereocenters. The number of hydrogen-bond donors (Lipinski definition) is 3. The molecule has 4 N–H and O–H groups in total. The number of aliphatic hydroxyl groups excluding tert-OH is 1. The van der Waals surface area contributed by atoms with Crippen molar-refractivity contribution >= 4 is 35.7 Å². The van der Waals surface area contributed by atoms with E-state index in [1.54, 1.807) is 29.7 Å². The van der Waals surface area contributed by atoms with Gasteiger partial charge in [0.1, 0.15) is 23.8 Å². The number of likely N-dealkylation sites (N-methyl/N-ethyl adjacent to an activating group) is 1. The molecule has 1 amide bonds. The lowest BCUT2D eigenvalue weighted by Crippen LogP contribution is -2.61. The Morgan fingerprint density at radius 2 is 1.84 bits per heavy atom. The maximum atomic E-state index is 14.6. The highest BCUT2D eigenvalue weighted by Crippen LogP contribution is 2.41. The summed E-state index contributed by atoms with van der Waals surface area (Å²) in [6.45, 7) is 18.5. The van der Waals surface area contributed by atoms with E-state index < -0.39 is 71.5 Å². The molecule has 13 atom stereocenters. The first kappa shape index (κ1) is 53.0. The number of ether oxygens (including phenoxy) is 5. The number of Topliss-reactive ketones (excluding diaryl/α,β-unsaturated/α-hetero) is 1. The lowest BCUT2D eigenvalue weighted by molar-refractivity contribution is -0.297. The minimum absolute atomic E-state index is 0.0542. The summed E-state index contributed by atoms with van der Waals surface area (Å²) in [5.74, 6) is -3.30. The van der Waals surface area contributed by atoms with Gasteiger partial charge < -0.3 is 44.7 Å². The van der Waals surface area contributed by atoms with E-state index in [0.717, 1.165) is 11.3 Å². The number of carbonyl (C=O) groups excluding carboxylic acids is 3. The predicted molar refractivity (Wildman–Crippen MR) is 246 cm³/mol. The molecule has 0 bridgehead atoms. The minimum Gasteiger partial charge on any atom is -0.458 e. The number of aryl methyl sites for hydroxylation is 1. The summed E-state index contributed by atoms with van der Waals surface area (Å²) in [5, 5.41) is 23.9. The van der Waals surface area contributed by atoms with Crippen LogP contribution in [0.4, 0.5) is 14.4 Å². The molecule has 3 aliphatic heterocycles. The quantitative estimate of drug-likeness (QED) is 0.0689. The SMILES string of the molecule is C=CC[C@@]1(OC)C[C@@H](C)CN[C@H](C)[C@H]2N(CCCCn3cc(-c4cccc(N)c4)nn3)C(=O)O[C@]2(C)[C@@H](CC)OC(=O)C(C)C(=O)[C@@H](C)[C@H]1O[C@@H]1OC(C)CC(N(C)C)C1O.CSF. The van der Waals surface area contributed by atoms with Gasteiger partial charge in [-0.25, -0.2) is 4.79 Å². The van der Waals surface area contributed by atoms with Gasteiger partial charge in [-0.3, -0.25) is 19.2 Å². The Hall–Kier alpha value is -3.65. The Morgan fingerprint density at radius 1 is 1.16 bits per heavy atom. The maximum Gasteiger partial charge on any atom is 0.410 e. The van der Waals surface area contributed by atoms with Gasteiger partial charge in [-0.2, -0.15) is 3.89 Å². The van der Waals surface area contributed by atoms with E-state index in [1.807, 2.05) is 77.2 Å². The van der Waals surface area contributed by atoms with Crippen molar-refractivity contribution in [3.8, 4) is 11.3 Å². The van der Waals surface area contributed by atoms with Crippen molar-refractivity contribution in [1.82, 2.24) is 30.1 Å². The average Bonchev–Trinajstić information content (AvgIpc) is 3.83. The summed E-state index contributed by atoms with van der Waals surface area (Å²) in [6.07, 6.45) is 3.39. The third kappa shape index (κ3) is 12.4. The first-order valence-corrected chi connectivity index (χ1v) is 23.6. The Bertz CT molecular complexity index is 1840. The monoisotopic (exact) mass is 920 g/mol. The van der Waals surface area contributed by atoms with Gasteiger partial charge in [-0.15, -0.1) is 11.7 Å². The van der Waals surface area contributed by atoms with Crippen LogP contribution >= 0.6 is 12.1 Å². The number of halogens is 1. The number of aromatic nitrogens is 3. The summed E-state index contributed by atoms with van der Waals surface area (Å²) in [4.78, 5) is 46.2. The molecule has 0 saturated carbocycles. The number of cyclic esters (lactones) is 1. The maximum absolute atomic E-state index is 14.6. The minimum atomic E-state index is -1.25. The van der Waals surface area contributed by atoms with Crippen molar-refractivity contribution in [1.29, 1.82) is 0 Å². The number of nitrogens with two attached hydrogens (primary N) is 1. The molecule has 64 heavy (non-hydrogen) atoms. The summed E-state index contributed by atoms with van der Waals surface area (Å²) >= 11 is 0.250. The molecule has 4 heterocycles. The molecular formula is C46H74FN7O9S. The highest BCUT2D eigenvalue weighted by atomic mass is 32.2. The van der Waals surface area contributed by atoms with Crippen LogP contribution in [0.1, 0.15) is 87.0 Å². The van der Waals surface area contributed by atoms with Crippen LogP contribution in [0.25, 0.3) is 11.3 Å². The smallest absolute Gasteiger partial charge is 0.410 e. The number of unbranched alkanes of at least 4 members (excludes halogenated alkanes) is 1. The standard InChI is InChI=1S/C45H71N7O9.CH3FS/c1-12-19-45(57-11)24-27(3)25-47-31(7)39-44(8,61-43(56)52(39)21-15-14-20-51-26-34(48-49-51)32-17-16-18-33(46)23-32)36(13-2)59-41(55)30(6)37(53)29(5)40(45)60-42-38(54)35(50(9)10)22-28(4)58-42;1-3-2/h12,16-18,23,26-31,35-36,38-40,42,47,54H,1,13-15,19-22,24-25,46H2,2-11H3;1H3/t27-,28?,29-,30?,31-,35?,36-,38?,39-,40-,42+,44-,45-;/m1./s1. The third-order valence-corrected chi connectivity index (χ3v) is 13.1. The van der Waals surface area contributed by atoms with Crippen LogP contribution in [-0.2, 0) is 39.8 Å². The number of ketones is 1. The number of nitrogens with zero attached hydrogens (tertiary/aromatic N) is 5. The van der Waals surface area contributed by atoms with Crippen molar-refractivity contribution < 1.29 is 47.1 Å². The molecule has 3 saturated heterocycles. The van der Waals surface area contributed by atoms with E-state index in [0.29, 0.717) is 63.8 Å². The first-order valence-electron chi connectivity index (χ1n) is 22.5. The van der Waals surface area contributed by atoms with Crippen molar-refractivity contribution in [3.05, 3.63) is 43.1 Å². The molecule has 16 nitrogen and oxygen atoms in total. The molecule has 3 fully saturated rings. The Balaban J connectivity index is 0.00000291. The van der Waals surface area contributed by atoms with Gasteiger partial charge in [0.2, 0.25) is 0 Å². The van der Waals surface area contributed by atoms with E-state index >= 15 is 0 Å². The van der Waals surface area contributed by atoms with Crippen LogP contribution in [0.3, 0.4) is 0 Å². The number of rotatable bonds is 13. The van der Waals surface area contributed by atoms with E-state index in [1.165, 1.54) is 13.2 Å². The molecule has 18 heteroatoms. The highest BCUT2D eigenvalue weighted by Gasteiger charge is 2.59. The van der Waals surface area contributed by atoms with Crippen molar-refractivity contribution in [2.45, 2.75) is 154 Å². The zero-order valence-corrected chi connectivity index (χ0v) is 40.5. The average molecular weight is 920 g/mol. The van der Waals surface area contributed by atoms with Crippen LogP contribution in [-0.4, -0.2) is 148 Å². The highest BCUT2D eigenvalue weighted by molar-refractivity contribution is 7.93. The summed E-state index contributed by atoms with van der Waals surface area (Å²) in [5.41, 5.74) is 5.87. The van der Waals surface area contributed by atoms with E-state index in [9.17, 15) is 23.4 Å². The lowest BCUT2D eigenvalue weighted by Gasteiger charge is -2.47. The zero-order chi connectivity index (χ0) is 47.5. The fourth-order valence-electron chi connectivity index (χ4n) is 9.78. The predicted octanol–water partition coefficient (Wildman–Crippen LogP) is 6.07. The molecule has 1 aromatic carbocycles. The second-order valence-electron chi connectivity index (χ2n) is 18.2. The van der Waals surface area contributed by atoms with Crippen molar-refractivity contribution in [2.24, 2.45) is 17.8 Å². The molecule has 1 aromatic heterocycles. The van der Waals surface area contributed by atoms with Gasteiger partial charge in [0, 0.05) is 67.9 Å². The van der Waals surface area contributed by atoms with Crippen LogP contribution in [0.15, 0.2) is 43.1 Å². The van der Waals surface area contributed by atoms with Crippen LogP contribution in [0, 0.1) is 17.8 Å². The van der Waals surface area contributed by atoms with Crippen LogP contribution < -0.4 is 11.1 Å². The van der Waals surface area contributed by atoms with E-state index in [4.69, 9.17) is 29.4 Å². The van der Waals surface area contributed by atoms with E-state index in [-0.39, 0.29) is 36.3 Å². The topological polar surface area (TPSA) is 193 Å². The van der Waals surface area contributed by atoms with Gasteiger partial charge in [-0.05, 0) is 105 Å². The molecular weight excluding hydrogens is 846 g/mol. The third-order valence-electron chi connectivity index (χ3n) is 13.1. The number of methoxy groups -OCH3 is 1. The number of anilines is 1. The van der Waals surface area contributed by atoms with Gasteiger partial charge in [0.05, 0.1) is 30.0 Å². The van der Waals surface area contributed by atoms with Gasteiger partial charge in [0.25, 0.3) is 0 Å². The second kappa shape index (κ2) is 23.7. The molecule has 0 aliphatic carbocycles. The second-order valence-corrected chi connectivity index (χ2v) is 18.5. The number of aliphatic hydroxyl groups is 1. The molecule has 360 valence electrons. The Kier molecular flexibility index (Phi) is 19.6. The van der Waals surface area contributed by atoms with Crippen molar-refractivity contribution in [3.63, 3.8) is 0 Å². The molecule has 0 radical (unpaired) electrons. The normalized spacial score (nSPS) is 34.2. The number of benzene rings is 1. The van der Waals surface area contributed by atoms with Crippen molar-refractivity contribution in [2.75, 3.05) is 46.3 Å². The van der Waals surface area contributed by atoms with Crippen LogP contribution in [0.5, 0.6) is 0 Å². The number of esters is 1. The summed E-state index contributed by atoms with van der Waals surface area (Å²) in [7, 11) is 5.39. The van der Waals surface area contributed by atoms with Gasteiger partial charge in [-0.1, -0.05) is 44.2 Å². The molecule has 5 rings (SSSR count). The Labute approximate surface area is 383 Å². The first-order chi connectivity index (χ1) is 30.3. The number of nitrogens with one attached hydrogen (secondary N) is 1. The number of carbonyl (C=O) groups is 3. The molecule has 3 aliphatic rings. The summed E-state index contributed by atoms with van der Waals surface area (Å²) in [6, 6.07) is 6.39. The summed E-state index contributed by atoms with van der Waals surface area (Å²) < 4.78 is 43.9. The molecule has 0 spiro atoms. The number of nitrogen functional groups attached to an aromatic ring is 1. The largest absolute Gasteiger partial charge is 0.458 e. The van der Waals surface area contributed by atoms with Crippen LogP contribution in [0.2, 0.25) is 0 Å². The fraction of sp³-hybridized carbons (Fsp3) is 0.717. The lowest BCUT2D eigenvalue weighted by atomic mass is 9.75. The fourth-order valence-corrected chi connectivity index (χ4v) is 9.78. The zero-order valence-electron chi connectivity index (χ0n) is 39.7. The Morgan fingerprint density at radius 3 is 2.47 bits per heavy atom. The molecule has 2 aromatic rings. The van der Waals surface area contributed by atoms with Gasteiger partial charge in [0.15, 0.2) is 17.7 Å².